The maximum absolute atomic E-state index is 12.6. The summed E-state index contributed by atoms with van der Waals surface area (Å²) < 4.78 is 0. The van der Waals surface area contributed by atoms with Crippen LogP contribution in [0.1, 0.15) is 55.5 Å². The van der Waals surface area contributed by atoms with Crippen LogP contribution in [0.5, 0.6) is 0 Å². The number of aryl methyl sites for hydroxylation is 1. The highest BCUT2D eigenvalue weighted by atomic mass is 16.2. The minimum absolute atomic E-state index is 0.0793. The van der Waals surface area contributed by atoms with Crippen molar-refractivity contribution in [2.75, 3.05) is 19.6 Å². The molecule has 1 aliphatic rings. The molecule has 26 heavy (non-hydrogen) atoms. The normalized spacial score (nSPS) is 18.4. The van der Waals surface area contributed by atoms with Gasteiger partial charge in [0.2, 0.25) is 5.91 Å². The second kappa shape index (κ2) is 10.3. The smallest absolute Gasteiger partial charge is 0.252 e. The molecule has 0 spiro atoms. The van der Waals surface area contributed by atoms with Gasteiger partial charge in [-0.1, -0.05) is 32.0 Å². The Kier molecular flexibility index (Phi) is 8.10. The summed E-state index contributed by atoms with van der Waals surface area (Å²) in [5, 5.41) is 9.36. The van der Waals surface area contributed by atoms with E-state index in [0.717, 1.165) is 25.1 Å². The Morgan fingerprint density at radius 3 is 2.69 bits per heavy atom. The molecule has 2 amide bonds. The second-order valence-electron chi connectivity index (χ2n) is 7.76. The van der Waals surface area contributed by atoms with Crippen molar-refractivity contribution < 1.29 is 9.59 Å². The molecule has 1 saturated heterocycles. The molecule has 0 saturated carbocycles. The highest BCUT2D eigenvalue weighted by Crippen LogP contribution is 2.13. The molecular formula is C21H33N3O2. The van der Waals surface area contributed by atoms with Gasteiger partial charge < -0.3 is 16.0 Å². The molecule has 1 aromatic carbocycles. The van der Waals surface area contributed by atoms with Crippen LogP contribution in [0.2, 0.25) is 0 Å². The van der Waals surface area contributed by atoms with Crippen molar-refractivity contribution in [3.63, 3.8) is 0 Å². The molecule has 5 heteroatoms. The third-order valence-corrected chi connectivity index (χ3v) is 4.97. The molecule has 0 radical (unpaired) electrons. The van der Waals surface area contributed by atoms with Crippen molar-refractivity contribution in [1.82, 2.24) is 16.0 Å². The molecule has 5 nitrogen and oxygen atoms in total. The highest BCUT2D eigenvalue weighted by Gasteiger charge is 2.23. The Bertz CT molecular complexity index is 595. The molecule has 2 rings (SSSR count). The molecule has 1 aliphatic heterocycles. The van der Waals surface area contributed by atoms with Crippen molar-refractivity contribution in [3.05, 3.63) is 35.4 Å². The predicted molar refractivity (Wildman–Crippen MR) is 105 cm³/mol. The fourth-order valence-corrected chi connectivity index (χ4v) is 3.46. The highest BCUT2D eigenvalue weighted by molar-refractivity contribution is 5.98. The molecule has 0 aromatic heterocycles. The van der Waals surface area contributed by atoms with Gasteiger partial charge in [0, 0.05) is 12.1 Å². The average molecular weight is 360 g/mol. The van der Waals surface area contributed by atoms with Crippen LogP contribution in [-0.4, -0.2) is 37.5 Å². The number of piperidine rings is 1. The van der Waals surface area contributed by atoms with E-state index in [1.807, 2.05) is 25.1 Å². The summed E-state index contributed by atoms with van der Waals surface area (Å²) in [4.78, 5) is 25.2. The van der Waals surface area contributed by atoms with E-state index in [1.54, 1.807) is 6.07 Å². The van der Waals surface area contributed by atoms with Gasteiger partial charge in [0.05, 0.1) is 0 Å². The van der Waals surface area contributed by atoms with E-state index in [1.165, 1.54) is 12.8 Å². The molecule has 0 aliphatic carbocycles. The van der Waals surface area contributed by atoms with Crippen LogP contribution in [0.15, 0.2) is 24.3 Å². The van der Waals surface area contributed by atoms with Crippen LogP contribution in [0.3, 0.4) is 0 Å². The van der Waals surface area contributed by atoms with Gasteiger partial charge in [0.15, 0.2) is 0 Å². The Hall–Kier alpha value is -1.88. The minimum Gasteiger partial charge on any atom is -0.354 e. The summed E-state index contributed by atoms with van der Waals surface area (Å²) in [6.45, 7) is 8.84. The number of hydrogen-bond acceptors (Lipinski definition) is 3. The van der Waals surface area contributed by atoms with Crippen LogP contribution in [0.4, 0.5) is 0 Å². The summed E-state index contributed by atoms with van der Waals surface area (Å²) in [5.74, 6) is 0.699. The molecule has 2 unspecified atom stereocenters. The standard InChI is InChI=1S/C21H33N3O2/c1-15(2)13-19(24-20(25)18-9-5-4-7-16(18)3)21(26)23-12-10-17-8-6-11-22-14-17/h4-5,7,9,15,17,19,22H,6,8,10-14H2,1-3H3,(H,23,26)(H,24,25). The Balaban J connectivity index is 1.89. The maximum atomic E-state index is 12.6. The average Bonchev–Trinajstić information content (AvgIpc) is 2.62. The Morgan fingerprint density at radius 1 is 1.27 bits per heavy atom. The number of benzene rings is 1. The van der Waals surface area contributed by atoms with E-state index in [2.05, 4.69) is 29.8 Å². The summed E-state index contributed by atoms with van der Waals surface area (Å²) in [6.07, 6.45) is 4.05. The largest absolute Gasteiger partial charge is 0.354 e. The number of hydrogen-bond donors (Lipinski definition) is 3. The lowest BCUT2D eigenvalue weighted by atomic mass is 9.96. The van der Waals surface area contributed by atoms with Crippen LogP contribution in [-0.2, 0) is 4.79 Å². The zero-order valence-corrected chi connectivity index (χ0v) is 16.3. The SMILES string of the molecule is Cc1ccccc1C(=O)NC(CC(C)C)C(=O)NCCC1CCCNC1. The van der Waals surface area contributed by atoms with Gasteiger partial charge in [-0.3, -0.25) is 9.59 Å². The molecular weight excluding hydrogens is 326 g/mol. The van der Waals surface area contributed by atoms with Gasteiger partial charge in [0.25, 0.3) is 5.91 Å². The first-order valence-electron chi connectivity index (χ1n) is 9.82. The number of carbonyl (C=O) groups excluding carboxylic acids is 2. The van der Waals surface area contributed by atoms with Crippen LogP contribution >= 0.6 is 0 Å². The first-order chi connectivity index (χ1) is 12.5. The molecule has 1 aromatic rings. The maximum Gasteiger partial charge on any atom is 0.252 e. The molecule has 1 fully saturated rings. The first kappa shape index (κ1) is 20.4. The second-order valence-corrected chi connectivity index (χ2v) is 7.76. The van der Waals surface area contributed by atoms with Gasteiger partial charge in [-0.2, -0.15) is 0 Å². The first-order valence-corrected chi connectivity index (χ1v) is 9.82. The van der Waals surface area contributed by atoms with E-state index >= 15 is 0 Å². The topological polar surface area (TPSA) is 70.2 Å². The Morgan fingerprint density at radius 2 is 2.04 bits per heavy atom. The number of amides is 2. The molecule has 2 atom stereocenters. The lowest BCUT2D eigenvalue weighted by Gasteiger charge is -2.24. The van der Waals surface area contributed by atoms with E-state index in [-0.39, 0.29) is 11.8 Å². The Labute approximate surface area is 157 Å². The predicted octanol–water partition coefficient (Wildman–Crippen LogP) is 2.65. The summed E-state index contributed by atoms with van der Waals surface area (Å²) in [6, 6.07) is 6.96. The summed E-state index contributed by atoms with van der Waals surface area (Å²) in [5.41, 5.74) is 1.54. The summed E-state index contributed by atoms with van der Waals surface area (Å²) in [7, 11) is 0. The lowest BCUT2D eigenvalue weighted by molar-refractivity contribution is -0.123. The monoisotopic (exact) mass is 359 g/mol. The van der Waals surface area contributed by atoms with E-state index in [0.29, 0.717) is 30.4 Å². The van der Waals surface area contributed by atoms with Crippen LogP contribution in [0.25, 0.3) is 0 Å². The third-order valence-electron chi connectivity index (χ3n) is 4.97. The molecule has 1 heterocycles. The molecule has 0 bridgehead atoms. The van der Waals surface area contributed by atoms with Crippen molar-refractivity contribution in [2.45, 2.75) is 52.5 Å². The van der Waals surface area contributed by atoms with Gasteiger partial charge >= 0.3 is 0 Å². The minimum atomic E-state index is -0.494. The lowest BCUT2D eigenvalue weighted by Crippen LogP contribution is -2.48. The zero-order valence-electron chi connectivity index (χ0n) is 16.3. The van der Waals surface area contributed by atoms with Crippen molar-refractivity contribution >= 4 is 11.8 Å². The van der Waals surface area contributed by atoms with Gasteiger partial charge in [-0.05, 0) is 69.2 Å². The number of nitrogens with one attached hydrogen (secondary N) is 3. The quantitative estimate of drug-likeness (QED) is 0.668. The van der Waals surface area contributed by atoms with E-state index in [4.69, 9.17) is 0 Å². The van der Waals surface area contributed by atoms with Gasteiger partial charge in [0.1, 0.15) is 6.04 Å². The number of rotatable bonds is 8. The van der Waals surface area contributed by atoms with E-state index in [9.17, 15) is 9.59 Å². The molecule has 3 N–H and O–H groups in total. The van der Waals surface area contributed by atoms with Crippen molar-refractivity contribution in [1.29, 1.82) is 0 Å². The summed E-state index contributed by atoms with van der Waals surface area (Å²) >= 11 is 0. The van der Waals surface area contributed by atoms with Crippen LogP contribution in [0, 0.1) is 18.8 Å². The van der Waals surface area contributed by atoms with Crippen molar-refractivity contribution in [2.24, 2.45) is 11.8 Å². The fourth-order valence-electron chi connectivity index (χ4n) is 3.46. The van der Waals surface area contributed by atoms with Gasteiger partial charge in [-0.15, -0.1) is 0 Å². The zero-order chi connectivity index (χ0) is 18.9. The van der Waals surface area contributed by atoms with Gasteiger partial charge in [-0.25, -0.2) is 0 Å². The van der Waals surface area contributed by atoms with Crippen LogP contribution < -0.4 is 16.0 Å². The van der Waals surface area contributed by atoms with E-state index < -0.39 is 6.04 Å². The fraction of sp³-hybridized carbons (Fsp3) is 0.619. The number of carbonyl (C=O) groups is 2. The molecule has 144 valence electrons. The van der Waals surface area contributed by atoms with Crippen molar-refractivity contribution in [3.8, 4) is 0 Å². The third kappa shape index (κ3) is 6.45.